The Morgan fingerprint density at radius 3 is 1.27 bits per heavy atom. The van der Waals surface area contributed by atoms with Crippen molar-refractivity contribution in [2.24, 2.45) is 16.2 Å². The molecule has 0 unspecified atom stereocenters. The smallest absolute Gasteiger partial charge is 0.309 e. The molecule has 2 N–H and O–H groups in total. The van der Waals surface area contributed by atoms with Crippen molar-refractivity contribution in [1.29, 1.82) is 0 Å². The van der Waals surface area contributed by atoms with Gasteiger partial charge in [-0.1, -0.05) is 95.6 Å². The lowest BCUT2D eigenvalue weighted by Crippen LogP contribution is -2.46. The molecule has 0 aromatic heterocycles. The van der Waals surface area contributed by atoms with Crippen LogP contribution in [0.4, 0.5) is 0 Å². The summed E-state index contributed by atoms with van der Waals surface area (Å²) in [7, 11) is 0. The van der Waals surface area contributed by atoms with Crippen LogP contribution in [0.25, 0.3) is 0 Å². The van der Waals surface area contributed by atoms with E-state index in [2.05, 4.69) is 95.6 Å². The highest BCUT2D eigenvalue weighted by atomic mass is 79.9. The van der Waals surface area contributed by atoms with E-state index in [1.54, 1.807) is 0 Å². The van der Waals surface area contributed by atoms with Gasteiger partial charge in [0.15, 0.2) is 0 Å². The van der Waals surface area contributed by atoms with Crippen LogP contribution in [0.5, 0.6) is 0 Å². The SMILES string of the molecule is O=C(O)CCCC(CC(CBr)(CBr)CBr)(CC(CBr)(CBr)CBr)C(=O)O. The van der Waals surface area contributed by atoms with Crippen molar-refractivity contribution < 1.29 is 19.8 Å². The maximum Gasteiger partial charge on any atom is 0.309 e. The van der Waals surface area contributed by atoms with Crippen LogP contribution in [0.15, 0.2) is 0 Å². The van der Waals surface area contributed by atoms with Gasteiger partial charge in [0.1, 0.15) is 0 Å². The quantitative estimate of drug-likeness (QED) is 0.189. The zero-order valence-corrected chi connectivity index (χ0v) is 23.8. The summed E-state index contributed by atoms with van der Waals surface area (Å²) in [5, 5.41) is 23.1. The van der Waals surface area contributed by atoms with Gasteiger partial charge in [0.2, 0.25) is 0 Å². The Labute approximate surface area is 205 Å². The van der Waals surface area contributed by atoms with E-state index in [0.717, 1.165) is 0 Å². The highest BCUT2D eigenvalue weighted by Crippen LogP contribution is 2.49. The van der Waals surface area contributed by atoms with E-state index in [1.165, 1.54) is 0 Å². The molecular formula is C16H24Br6O4. The molecule has 0 aliphatic rings. The maximum atomic E-state index is 12.5. The summed E-state index contributed by atoms with van der Waals surface area (Å²) in [5.74, 6) is -1.76. The zero-order chi connectivity index (χ0) is 20.4. The molecule has 0 aliphatic carbocycles. The van der Waals surface area contributed by atoms with Crippen molar-refractivity contribution in [3.8, 4) is 0 Å². The van der Waals surface area contributed by atoms with Crippen molar-refractivity contribution in [3.05, 3.63) is 0 Å². The molecule has 4 nitrogen and oxygen atoms in total. The molecule has 0 saturated carbocycles. The van der Waals surface area contributed by atoms with E-state index in [4.69, 9.17) is 5.11 Å². The minimum Gasteiger partial charge on any atom is -0.481 e. The summed E-state index contributed by atoms with van der Waals surface area (Å²) in [4.78, 5) is 23.5. The summed E-state index contributed by atoms with van der Waals surface area (Å²) in [6, 6.07) is 0. The van der Waals surface area contributed by atoms with Crippen molar-refractivity contribution in [2.75, 3.05) is 32.0 Å². The zero-order valence-electron chi connectivity index (χ0n) is 14.3. The van der Waals surface area contributed by atoms with Crippen LogP contribution in [0, 0.1) is 16.2 Å². The van der Waals surface area contributed by atoms with E-state index in [0.29, 0.717) is 57.7 Å². The molecule has 0 bridgehead atoms. The number of halogens is 6. The minimum atomic E-state index is -1.01. The Bertz CT molecular complexity index is 413. The number of rotatable bonds is 15. The van der Waals surface area contributed by atoms with E-state index in [1.807, 2.05) is 0 Å². The Morgan fingerprint density at radius 2 is 1.04 bits per heavy atom. The van der Waals surface area contributed by atoms with Gasteiger partial charge in [0.05, 0.1) is 5.41 Å². The molecule has 0 saturated heterocycles. The van der Waals surface area contributed by atoms with Crippen molar-refractivity contribution in [2.45, 2.75) is 32.1 Å². The van der Waals surface area contributed by atoms with Gasteiger partial charge in [0.25, 0.3) is 0 Å². The van der Waals surface area contributed by atoms with Gasteiger partial charge in [-0.3, -0.25) is 9.59 Å². The van der Waals surface area contributed by atoms with Gasteiger partial charge in [0, 0.05) is 49.2 Å². The molecule has 26 heavy (non-hydrogen) atoms. The number of alkyl halides is 6. The van der Waals surface area contributed by atoms with Gasteiger partial charge in [-0.05, 0) is 25.7 Å². The predicted molar refractivity (Wildman–Crippen MR) is 128 cm³/mol. The Hall–Kier alpha value is 1.82. The number of carboxylic acids is 2. The fraction of sp³-hybridized carbons (Fsp3) is 0.875. The highest BCUT2D eigenvalue weighted by molar-refractivity contribution is 9.10. The second-order valence-corrected chi connectivity index (χ2v) is 10.4. The first kappa shape index (κ1) is 27.8. The molecule has 0 aromatic carbocycles. The van der Waals surface area contributed by atoms with Crippen LogP contribution in [-0.2, 0) is 9.59 Å². The topological polar surface area (TPSA) is 74.6 Å². The largest absolute Gasteiger partial charge is 0.481 e. The van der Waals surface area contributed by atoms with Gasteiger partial charge < -0.3 is 10.2 Å². The van der Waals surface area contributed by atoms with Gasteiger partial charge >= 0.3 is 11.9 Å². The third kappa shape index (κ3) is 7.92. The third-order valence-corrected chi connectivity index (χ3v) is 11.8. The van der Waals surface area contributed by atoms with Crippen molar-refractivity contribution >= 4 is 108 Å². The lowest BCUT2D eigenvalue weighted by Gasteiger charge is -2.44. The van der Waals surface area contributed by atoms with Crippen LogP contribution in [0.2, 0.25) is 0 Å². The standard InChI is InChI=1S/C16H24Br6O4/c17-6-14(7-18,8-19)4-16(13(25)26,3-1-2-12(23)24)5-15(9-20,10-21)11-22/h1-11H2,(H,23,24)(H,25,26). The molecular weight excluding hydrogens is 736 g/mol. The third-order valence-electron chi connectivity index (χ3n) is 4.63. The summed E-state index contributed by atoms with van der Waals surface area (Å²) in [6.07, 6.45) is 1.55. The number of carbonyl (C=O) groups is 2. The molecule has 0 radical (unpaired) electrons. The van der Waals surface area contributed by atoms with Gasteiger partial charge in [-0.2, -0.15) is 0 Å². The van der Waals surface area contributed by atoms with Crippen LogP contribution in [-0.4, -0.2) is 54.1 Å². The first-order valence-corrected chi connectivity index (χ1v) is 14.7. The van der Waals surface area contributed by atoms with Crippen molar-refractivity contribution in [3.63, 3.8) is 0 Å². The number of hydrogen-bond donors (Lipinski definition) is 2. The van der Waals surface area contributed by atoms with Crippen LogP contribution >= 0.6 is 95.6 Å². The number of aliphatic carboxylic acids is 2. The second kappa shape index (κ2) is 13.2. The fourth-order valence-corrected chi connectivity index (χ4v) is 9.77. The summed E-state index contributed by atoms with van der Waals surface area (Å²) in [5.41, 5.74) is -1.57. The fourth-order valence-electron chi connectivity index (χ4n) is 3.01. The minimum absolute atomic E-state index is 0.0249. The summed E-state index contributed by atoms with van der Waals surface area (Å²) >= 11 is 21.3. The molecule has 10 heteroatoms. The van der Waals surface area contributed by atoms with E-state index in [-0.39, 0.29) is 17.3 Å². The first-order valence-electron chi connectivity index (χ1n) is 7.95. The number of hydrogen-bond acceptors (Lipinski definition) is 2. The van der Waals surface area contributed by atoms with E-state index in [9.17, 15) is 14.7 Å². The molecule has 0 fully saturated rings. The Kier molecular flexibility index (Phi) is 14.1. The van der Waals surface area contributed by atoms with E-state index >= 15 is 0 Å². The maximum absolute atomic E-state index is 12.5. The molecule has 0 rings (SSSR count). The number of carboxylic acid groups (broad SMARTS) is 2. The van der Waals surface area contributed by atoms with Crippen LogP contribution < -0.4 is 0 Å². The summed E-state index contributed by atoms with van der Waals surface area (Å²) in [6.45, 7) is 0. The highest BCUT2D eigenvalue weighted by Gasteiger charge is 2.49. The lowest BCUT2D eigenvalue weighted by atomic mass is 9.64. The average molecular weight is 760 g/mol. The molecule has 154 valence electrons. The molecule has 0 aliphatic heterocycles. The molecule has 0 aromatic rings. The van der Waals surface area contributed by atoms with Gasteiger partial charge in [-0.15, -0.1) is 0 Å². The molecule has 0 amide bonds. The molecule has 0 atom stereocenters. The van der Waals surface area contributed by atoms with E-state index < -0.39 is 17.4 Å². The lowest BCUT2D eigenvalue weighted by molar-refractivity contribution is -0.154. The average Bonchev–Trinajstić information content (AvgIpc) is 2.63. The van der Waals surface area contributed by atoms with Gasteiger partial charge in [-0.25, -0.2) is 0 Å². The van der Waals surface area contributed by atoms with Crippen LogP contribution in [0.1, 0.15) is 32.1 Å². The molecule has 0 spiro atoms. The first-order chi connectivity index (χ1) is 12.1. The second-order valence-electron chi connectivity index (χ2n) is 6.99. The molecule has 0 heterocycles. The normalized spacial score (nSPS) is 13.0. The summed E-state index contributed by atoms with van der Waals surface area (Å²) < 4.78 is 0. The predicted octanol–water partition coefficient (Wildman–Crippen LogP) is 6.43. The van der Waals surface area contributed by atoms with Crippen LogP contribution in [0.3, 0.4) is 0 Å². The Balaban J connectivity index is 5.98. The Morgan fingerprint density at radius 1 is 0.692 bits per heavy atom. The van der Waals surface area contributed by atoms with Crippen molar-refractivity contribution in [1.82, 2.24) is 0 Å². The monoisotopic (exact) mass is 754 g/mol.